The lowest BCUT2D eigenvalue weighted by Crippen LogP contribution is -2.40. The van der Waals surface area contributed by atoms with Crippen molar-refractivity contribution in [1.29, 1.82) is 0 Å². The lowest BCUT2D eigenvalue weighted by molar-refractivity contribution is 0.000597. The number of hydrogen-bond donors (Lipinski definition) is 1. The lowest BCUT2D eigenvalue weighted by atomic mass is 9.97. The van der Waals surface area contributed by atoms with E-state index in [1.807, 2.05) is 0 Å². The van der Waals surface area contributed by atoms with E-state index in [-0.39, 0.29) is 18.0 Å². The molecule has 2 atom stereocenters. The maximum atomic E-state index is 13.1. The van der Waals surface area contributed by atoms with Crippen LogP contribution >= 0.6 is 15.9 Å². The molecule has 0 amide bonds. The number of hydrogen-bond acceptors (Lipinski definition) is 2. The molecule has 0 aliphatic carbocycles. The van der Waals surface area contributed by atoms with Crippen molar-refractivity contribution in [1.82, 2.24) is 0 Å². The monoisotopic (exact) mass is 301 g/mol. The van der Waals surface area contributed by atoms with Gasteiger partial charge in [0, 0.05) is 17.1 Å². The highest BCUT2D eigenvalue weighted by Gasteiger charge is 2.22. The van der Waals surface area contributed by atoms with Crippen LogP contribution in [0.25, 0.3) is 0 Å². The number of rotatable bonds is 3. The molecule has 1 fully saturated rings. The van der Waals surface area contributed by atoms with Gasteiger partial charge in [-0.15, -0.1) is 0 Å². The van der Waals surface area contributed by atoms with Gasteiger partial charge >= 0.3 is 0 Å². The van der Waals surface area contributed by atoms with E-state index < -0.39 is 0 Å². The first kappa shape index (κ1) is 13.0. The number of halogens is 2. The molecule has 0 radical (unpaired) electrons. The molecule has 1 aromatic rings. The Hall–Kier alpha value is -0.450. The van der Waals surface area contributed by atoms with Crippen LogP contribution in [0.1, 0.15) is 24.8 Å². The molecule has 1 saturated heterocycles. The van der Waals surface area contributed by atoms with Gasteiger partial charge in [-0.3, -0.25) is 0 Å². The van der Waals surface area contributed by atoms with E-state index in [4.69, 9.17) is 10.5 Å². The molecule has 1 heterocycles. The summed E-state index contributed by atoms with van der Waals surface area (Å²) >= 11 is 3.42. The second-order valence-electron chi connectivity index (χ2n) is 4.51. The fourth-order valence-electron chi connectivity index (χ4n) is 2.19. The van der Waals surface area contributed by atoms with Gasteiger partial charge in [0.1, 0.15) is 5.82 Å². The Morgan fingerprint density at radius 1 is 1.47 bits per heavy atom. The van der Waals surface area contributed by atoms with Crippen molar-refractivity contribution in [2.45, 2.75) is 37.8 Å². The first-order chi connectivity index (χ1) is 8.16. The van der Waals surface area contributed by atoms with Gasteiger partial charge < -0.3 is 10.5 Å². The molecule has 1 aromatic carbocycles. The lowest BCUT2D eigenvalue weighted by Gasteiger charge is -2.28. The summed E-state index contributed by atoms with van der Waals surface area (Å²) in [6, 6.07) is 4.63. The predicted octanol–water partition coefficient (Wildman–Crippen LogP) is 3.03. The van der Waals surface area contributed by atoms with Crippen LogP contribution in [0, 0.1) is 5.82 Å². The molecule has 2 nitrogen and oxygen atoms in total. The number of nitrogens with two attached hydrogens (primary N) is 1. The van der Waals surface area contributed by atoms with E-state index >= 15 is 0 Å². The third-order valence-corrected chi connectivity index (χ3v) is 3.93. The number of ether oxygens (including phenoxy) is 1. The Kier molecular flexibility index (Phi) is 4.54. The summed E-state index contributed by atoms with van der Waals surface area (Å²) in [5, 5.41) is 0. The topological polar surface area (TPSA) is 35.2 Å². The van der Waals surface area contributed by atoms with Crippen LogP contribution in [0.4, 0.5) is 4.39 Å². The van der Waals surface area contributed by atoms with Gasteiger partial charge in [-0.25, -0.2) is 4.39 Å². The van der Waals surface area contributed by atoms with Crippen LogP contribution in [0.15, 0.2) is 22.7 Å². The molecule has 0 bridgehead atoms. The van der Waals surface area contributed by atoms with Crippen LogP contribution in [-0.4, -0.2) is 18.8 Å². The quantitative estimate of drug-likeness (QED) is 0.931. The first-order valence-electron chi connectivity index (χ1n) is 5.98. The van der Waals surface area contributed by atoms with E-state index in [2.05, 4.69) is 15.9 Å². The predicted molar refractivity (Wildman–Crippen MR) is 69.4 cm³/mol. The average molecular weight is 302 g/mol. The summed E-state index contributed by atoms with van der Waals surface area (Å²) in [5.74, 6) is -0.222. The van der Waals surface area contributed by atoms with Crippen LogP contribution in [0.2, 0.25) is 0 Å². The molecule has 2 rings (SSSR count). The number of benzene rings is 1. The van der Waals surface area contributed by atoms with E-state index in [9.17, 15) is 4.39 Å². The molecule has 94 valence electrons. The van der Waals surface area contributed by atoms with Gasteiger partial charge in [-0.1, -0.05) is 15.9 Å². The maximum absolute atomic E-state index is 13.1. The average Bonchev–Trinajstić information content (AvgIpc) is 2.35. The van der Waals surface area contributed by atoms with E-state index in [0.29, 0.717) is 6.42 Å². The largest absolute Gasteiger partial charge is 0.377 e. The molecule has 2 unspecified atom stereocenters. The van der Waals surface area contributed by atoms with Crippen LogP contribution in [0.3, 0.4) is 0 Å². The molecule has 0 saturated carbocycles. The Morgan fingerprint density at radius 2 is 2.29 bits per heavy atom. The minimum Gasteiger partial charge on any atom is -0.377 e. The first-order valence-corrected chi connectivity index (χ1v) is 6.77. The molecule has 4 heteroatoms. The summed E-state index contributed by atoms with van der Waals surface area (Å²) in [7, 11) is 0. The molecular formula is C13H17BrFNO. The van der Waals surface area contributed by atoms with Gasteiger partial charge in [0.25, 0.3) is 0 Å². The normalized spacial score (nSPS) is 22.4. The highest BCUT2D eigenvalue weighted by molar-refractivity contribution is 9.10. The Bertz CT molecular complexity index is 380. The van der Waals surface area contributed by atoms with Gasteiger partial charge in [-0.2, -0.15) is 0 Å². The van der Waals surface area contributed by atoms with Crippen molar-refractivity contribution < 1.29 is 9.13 Å². The van der Waals surface area contributed by atoms with Crippen LogP contribution < -0.4 is 5.73 Å². The molecule has 0 spiro atoms. The molecule has 17 heavy (non-hydrogen) atoms. The second-order valence-corrected chi connectivity index (χ2v) is 5.36. The fourth-order valence-corrected chi connectivity index (χ4v) is 2.60. The molecule has 1 aliphatic heterocycles. The highest BCUT2D eigenvalue weighted by Crippen LogP contribution is 2.22. The van der Waals surface area contributed by atoms with Crippen molar-refractivity contribution in [3.63, 3.8) is 0 Å². The zero-order chi connectivity index (χ0) is 12.3. The van der Waals surface area contributed by atoms with Crippen molar-refractivity contribution in [2.75, 3.05) is 6.61 Å². The second kappa shape index (κ2) is 5.94. The third-order valence-electron chi connectivity index (χ3n) is 3.16. The Labute approximate surface area is 109 Å². The molecule has 0 aromatic heterocycles. The zero-order valence-electron chi connectivity index (χ0n) is 9.66. The summed E-state index contributed by atoms with van der Waals surface area (Å²) in [5.41, 5.74) is 7.04. The summed E-state index contributed by atoms with van der Waals surface area (Å²) < 4.78 is 19.7. The molecule has 1 aliphatic rings. The summed E-state index contributed by atoms with van der Waals surface area (Å²) in [4.78, 5) is 0. The van der Waals surface area contributed by atoms with Crippen molar-refractivity contribution in [3.05, 3.63) is 34.1 Å². The van der Waals surface area contributed by atoms with Crippen molar-refractivity contribution in [3.8, 4) is 0 Å². The summed E-state index contributed by atoms with van der Waals surface area (Å²) in [6.07, 6.45) is 4.05. The van der Waals surface area contributed by atoms with Gasteiger partial charge in [0.05, 0.1) is 6.10 Å². The van der Waals surface area contributed by atoms with Crippen molar-refractivity contribution in [2.24, 2.45) is 5.73 Å². The minimum atomic E-state index is -0.222. The van der Waals surface area contributed by atoms with Crippen LogP contribution in [-0.2, 0) is 11.2 Å². The highest BCUT2D eigenvalue weighted by atomic mass is 79.9. The van der Waals surface area contributed by atoms with Gasteiger partial charge in [-0.05, 0) is 49.4 Å². The molecule has 2 N–H and O–H groups in total. The SMILES string of the molecule is NC(Cc1cc(F)ccc1Br)C1CCCCO1. The fraction of sp³-hybridized carbons (Fsp3) is 0.538. The smallest absolute Gasteiger partial charge is 0.123 e. The Morgan fingerprint density at radius 3 is 3.00 bits per heavy atom. The van der Waals surface area contributed by atoms with E-state index in [0.717, 1.165) is 29.5 Å². The van der Waals surface area contributed by atoms with Crippen LogP contribution in [0.5, 0.6) is 0 Å². The summed E-state index contributed by atoms with van der Waals surface area (Å²) in [6.45, 7) is 0.794. The Balaban J connectivity index is 2.01. The molecular weight excluding hydrogens is 285 g/mol. The van der Waals surface area contributed by atoms with E-state index in [1.54, 1.807) is 6.07 Å². The standard InChI is InChI=1S/C13H17BrFNO/c14-11-5-4-10(15)7-9(11)8-12(16)13-3-1-2-6-17-13/h4-5,7,12-13H,1-3,6,8,16H2. The maximum Gasteiger partial charge on any atom is 0.123 e. The van der Waals surface area contributed by atoms with Gasteiger partial charge in [0.2, 0.25) is 0 Å². The third kappa shape index (κ3) is 3.50. The minimum absolute atomic E-state index is 0.0617. The zero-order valence-corrected chi connectivity index (χ0v) is 11.2. The van der Waals surface area contributed by atoms with Crippen molar-refractivity contribution >= 4 is 15.9 Å². The van der Waals surface area contributed by atoms with Gasteiger partial charge in [0.15, 0.2) is 0 Å². The van der Waals surface area contributed by atoms with E-state index in [1.165, 1.54) is 18.6 Å².